The van der Waals surface area contributed by atoms with Crippen LogP contribution in [0.4, 0.5) is 0 Å². The first-order valence-corrected chi connectivity index (χ1v) is 8.98. The fraction of sp³-hybridized carbons (Fsp3) is 0.333. The molecule has 4 rings (SSSR count). The summed E-state index contributed by atoms with van der Waals surface area (Å²) >= 11 is 0. The number of fused-ring (bicyclic) bond motifs is 3. The van der Waals surface area contributed by atoms with Gasteiger partial charge in [0.05, 0.1) is 16.7 Å². The number of Topliss-reactive ketones (excluding diaryl/α,β-unsaturated/α-hetero) is 1. The fourth-order valence-electron chi connectivity index (χ4n) is 4.64. The summed E-state index contributed by atoms with van der Waals surface area (Å²) < 4.78 is 1.18. The van der Waals surface area contributed by atoms with E-state index in [0.717, 1.165) is 17.5 Å². The highest BCUT2D eigenvalue weighted by Gasteiger charge is 2.53. The number of hydrogen-bond acceptors (Lipinski definition) is 5. The van der Waals surface area contributed by atoms with Crippen LogP contribution in [0, 0.1) is 23.2 Å². The van der Waals surface area contributed by atoms with Gasteiger partial charge in [0.1, 0.15) is 12.7 Å². The van der Waals surface area contributed by atoms with E-state index in [1.54, 1.807) is 12.3 Å². The molecule has 3 unspecified atom stereocenters. The minimum Gasteiger partial charge on any atom is -0.386 e. The van der Waals surface area contributed by atoms with E-state index in [2.05, 4.69) is 11.2 Å². The van der Waals surface area contributed by atoms with E-state index in [1.807, 2.05) is 37.3 Å². The number of aromatic nitrogens is 2. The van der Waals surface area contributed by atoms with Crippen molar-refractivity contribution in [3.63, 3.8) is 0 Å². The molecule has 0 amide bonds. The number of rotatable bonds is 2. The second kappa shape index (κ2) is 6.29. The van der Waals surface area contributed by atoms with Crippen LogP contribution in [0.2, 0.25) is 0 Å². The predicted molar refractivity (Wildman–Crippen MR) is 96.8 cm³/mol. The van der Waals surface area contributed by atoms with Crippen LogP contribution in [0.25, 0.3) is 0 Å². The van der Waals surface area contributed by atoms with Gasteiger partial charge in [-0.05, 0) is 36.0 Å². The normalized spacial score (nSPS) is 26.6. The minimum atomic E-state index is -0.742. The maximum atomic E-state index is 12.7. The molecule has 2 aliphatic rings. The lowest BCUT2D eigenvalue weighted by atomic mass is 9.54. The van der Waals surface area contributed by atoms with Gasteiger partial charge in [0.2, 0.25) is 0 Å². The lowest BCUT2D eigenvalue weighted by Gasteiger charge is -2.46. The van der Waals surface area contributed by atoms with Gasteiger partial charge in [-0.2, -0.15) is 10.4 Å². The molecule has 3 atom stereocenters. The molecule has 0 spiro atoms. The van der Waals surface area contributed by atoms with Crippen LogP contribution >= 0.6 is 0 Å². The summed E-state index contributed by atoms with van der Waals surface area (Å²) in [5.41, 5.74) is 1.95. The van der Waals surface area contributed by atoms with Crippen molar-refractivity contribution in [3.8, 4) is 6.07 Å². The van der Waals surface area contributed by atoms with Crippen molar-refractivity contribution in [2.45, 2.75) is 25.2 Å². The summed E-state index contributed by atoms with van der Waals surface area (Å²) in [7, 11) is 0. The van der Waals surface area contributed by atoms with Gasteiger partial charge in [-0.15, -0.1) is 0 Å². The third kappa shape index (κ3) is 2.39. The molecule has 0 radical (unpaired) electrons. The van der Waals surface area contributed by atoms with E-state index in [-0.39, 0.29) is 23.2 Å². The second-order valence-corrected chi connectivity index (χ2v) is 7.20. The van der Waals surface area contributed by atoms with E-state index < -0.39 is 17.9 Å². The Labute approximate surface area is 156 Å². The van der Waals surface area contributed by atoms with Crippen LogP contribution in [0.5, 0.6) is 0 Å². The highest BCUT2D eigenvalue weighted by molar-refractivity contribution is 6.02. The summed E-state index contributed by atoms with van der Waals surface area (Å²) in [6, 6.07) is 11.8. The van der Waals surface area contributed by atoms with E-state index in [1.165, 1.54) is 4.68 Å². The van der Waals surface area contributed by atoms with Crippen LogP contribution in [-0.4, -0.2) is 33.2 Å². The van der Waals surface area contributed by atoms with Crippen LogP contribution in [0.1, 0.15) is 35.0 Å². The number of benzene rings is 1. The summed E-state index contributed by atoms with van der Waals surface area (Å²) in [6.45, 7) is 1.24. The van der Waals surface area contributed by atoms with Gasteiger partial charge in [0, 0.05) is 12.1 Å². The SMILES string of the molecule is CC1C(=O)C(C#N)=CC2(c3ccccc3)c3nn(C(=O)CO)cc3CCC12. The Morgan fingerprint density at radius 3 is 2.81 bits per heavy atom. The molecule has 1 aromatic heterocycles. The number of aliphatic hydroxyl groups excluding tert-OH is 1. The summed E-state index contributed by atoms with van der Waals surface area (Å²) in [4.78, 5) is 24.7. The van der Waals surface area contributed by atoms with E-state index in [9.17, 15) is 20.0 Å². The zero-order chi connectivity index (χ0) is 19.2. The molecule has 0 fully saturated rings. The number of ketones is 1. The number of carbonyl (C=O) groups is 2. The summed E-state index contributed by atoms with van der Waals surface area (Å²) in [5, 5.41) is 23.3. The number of nitrogens with zero attached hydrogens (tertiary/aromatic N) is 3. The van der Waals surface area contributed by atoms with Crippen molar-refractivity contribution < 1.29 is 14.7 Å². The number of carbonyl (C=O) groups excluding carboxylic acids is 2. The summed E-state index contributed by atoms with van der Waals surface area (Å²) in [5.74, 6) is -1.02. The number of aliphatic hydroxyl groups is 1. The number of allylic oxidation sites excluding steroid dienone is 2. The lowest BCUT2D eigenvalue weighted by molar-refractivity contribution is -0.121. The Bertz CT molecular complexity index is 999. The zero-order valence-corrected chi connectivity index (χ0v) is 14.9. The Kier molecular flexibility index (Phi) is 4.05. The Balaban J connectivity index is 2.04. The molecule has 6 heteroatoms. The van der Waals surface area contributed by atoms with Gasteiger partial charge in [-0.25, -0.2) is 4.68 Å². The largest absolute Gasteiger partial charge is 0.386 e. The van der Waals surface area contributed by atoms with Crippen LogP contribution in [-0.2, 0) is 16.6 Å². The Hall–Kier alpha value is -3.04. The average Bonchev–Trinajstić information content (AvgIpc) is 3.15. The minimum absolute atomic E-state index is 0.0513. The molecular weight excluding hydrogens is 342 g/mol. The smallest absolute Gasteiger partial charge is 0.272 e. The Morgan fingerprint density at radius 2 is 2.15 bits per heavy atom. The van der Waals surface area contributed by atoms with Crippen LogP contribution in [0.3, 0.4) is 0 Å². The maximum absolute atomic E-state index is 12.7. The molecule has 27 heavy (non-hydrogen) atoms. The van der Waals surface area contributed by atoms with E-state index in [4.69, 9.17) is 0 Å². The molecule has 2 aliphatic carbocycles. The second-order valence-electron chi connectivity index (χ2n) is 7.20. The first-order chi connectivity index (χ1) is 13.0. The van der Waals surface area contributed by atoms with Gasteiger partial charge >= 0.3 is 0 Å². The number of nitriles is 1. The van der Waals surface area contributed by atoms with Gasteiger partial charge < -0.3 is 5.11 Å². The first-order valence-electron chi connectivity index (χ1n) is 8.98. The monoisotopic (exact) mass is 361 g/mol. The molecular formula is C21H19N3O3. The van der Waals surface area contributed by atoms with Crippen molar-refractivity contribution in [1.82, 2.24) is 9.78 Å². The average molecular weight is 361 g/mol. The lowest BCUT2D eigenvalue weighted by Crippen LogP contribution is -2.48. The van der Waals surface area contributed by atoms with Crippen LogP contribution < -0.4 is 0 Å². The molecule has 1 heterocycles. The number of aryl methyl sites for hydroxylation is 1. The molecule has 2 aromatic rings. The van der Waals surface area contributed by atoms with E-state index >= 15 is 0 Å². The Morgan fingerprint density at radius 1 is 1.41 bits per heavy atom. The zero-order valence-electron chi connectivity index (χ0n) is 14.9. The van der Waals surface area contributed by atoms with E-state index in [0.29, 0.717) is 12.1 Å². The quantitative estimate of drug-likeness (QED) is 0.883. The third-order valence-corrected chi connectivity index (χ3v) is 5.91. The molecule has 1 N–H and O–H groups in total. The van der Waals surface area contributed by atoms with Crippen molar-refractivity contribution in [3.05, 3.63) is 65.0 Å². The van der Waals surface area contributed by atoms with Gasteiger partial charge in [-0.3, -0.25) is 9.59 Å². The molecule has 1 aromatic carbocycles. The molecule has 0 saturated carbocycles. The molecule has 0 bridgehead atoms. The van der Waals surface area contributed by atoms with Crippen molar-refractivity contribution in [2.75, 3.05) is 6.61 Å². The van der Waals surface area contributed by atoms with Crippen molar-refractivity contribution in [2.24, 2.45) is 11.8 Å². The van der Waals surface area contributed by atoms with Gasteiger partial charge in [-0.1, -0.05) is 37.3 Å². The van der Waals surface area contributed by atoms with Crippen molar-refractivity contribution in [1.29, 1.82) is 5.26 Å². The maximum Gasteiger partial charge on any atom is 0.272 e. The third-order valence-electron chi connectivity index (χ3n) is 5.91. The molecule has 0 aliphatic heterocycles. The molecule has 136 valence electrons. The molecule has 6 nitrogen and oxygen atoms in total. The fourth-order valence-corrected chi connectivity index (χ4v) is 4.64. The van der Waals surface area contributed by atoms with Gasteiger partial charge in [0.15, 0.2) is 5.78 Å². The van der Waals surface area contributed by atoms with Crippen molar-refractivity contribution >= 4 is 11.7 Å². The first kappa shape index (κ1) is 17.4. The van der Waals surface area contributed by atoms with Gasteiger partial charge in [0.25, 0.3) is 5.91 Å². The molecule has 0 saturated heterocycles. The highest BCUT2D eigenvalue weighted by atomic mass is 16.3. The summed E-state index contributed by atoms with van der Waals surface area (Å²) in [6.07, 6.45) is 4.85. The highest BCUT2D eigenvalue weighted by Crippen LogP contribution is 2.53. The standard InChI is InChI=1S/C21H19N3O3/c1-13-17-8-7-14-11-24(18(26)12-25)23-20(14)21(17,9-15(10-22)19(13)27)16-5-3-2-4-6-16/h2-6,9,11,13,17,25H,7-8,12H2,1H3. The number of hydrogen-bond donors (Lipinski definition) is 1. The topological polar surface area (TPSA) is 96.0 Å². The van der Waals surface area contributed by atoms with Crippen LogP contribution in [0.15, 0.2) is 48.2 Å². The predicted octanol–water partition coefficient (Wildman–Crippen LogP) is 2.03.